The fourth-order valence-corrected chi connectivity index (χ4v) is 3.76. The molecule has 144 valence electrons. The number of nitrogens with one attached hydrogen (secondary N) is 1. The Morgan fingerprint density at radius 3 is 2.54 bits per heavy atom. The summed E-state index contributed by atoms with van der Waals surface area (Å²) in [6.45, 7) is 1.36. The fraction of sp³-hybridized carbons (Fsp3) is 0.286. The SMILES string of the molecule is O=C1NCCN(C(=O)c2ccc(N3CCCC3=O)cc2)[C@H]1c1cccc(F)c1. The van der Waals surface area contributed by atoms with E-state index in [9.17, 15) is 18.8 Å². The summed E-state index contributed by atoms with van der Waals surface area (Å²) in [5, 5.41) is 2.74. The number of piperazine rings is 1. The standard InChI is InChI=1S/C21H20FN3O3/c22-16-4-1-3-15(13-16)19-20(27)23-10-12-25(19)21(28)14-6-8-17(9-7-14)24-11-2-5-18(24)26/h1,3-4,6-9,13,19H,2,5,10-12H2,(H,23,27)/t19-/m0/s1. The summed E-state index contributed by atoms with van der Waals surface area (Å²) in [4.78, 5) is 40.6. The van der Waals surface area contributed by atoms with Crippen molar-refractivity contribution in [2.75, 3.05) is 24.5 Å². The number of anilines is 1. The minimum atomic E-state index is -0.878. The number of hydrogen-bond acceptors (Lipinski definition) is 3. The van der Waals surface area contributed by atoms with Crippen molar-refractivity contribution in [1.82, 2.24) is 10.2 Å². The van der Waals surface area contributed by atoms with Gasteiger partial charge in [-0.3, -0.25) is 14.4 Å². The summed E-state index contributed by atoms with van der Waals surface area (Å²) in [6, 6.07) is 11.7. The summed E-state index contributed by atoms with van der Waals surface area (Å²) >= 11 is 0. The van der Waals surface area contributed by atoms with Crippen LogP contribution >= 0.6 is 0 Å². The molecule has 0 bridgehead atoms. The molecule has 0 radical (unpaired) electrons. The first kappa shape index (κ1) is 18.2. The van der Waals surface area contributed by atoms with Crippen molar-refractivity contribution in [2.24, 2.45) is 0 Å². The highest BCUT2D eigenvalue weighted by molar-refractivity contribution is 6.00. The van der Waals surface area contributed by atoms with Gasteiger partial charge in [-0.2, -0.15) is 0 Å². The zero-order valence-electron chi connectivity index (χ0n) is 15.2. The van der Waals surface area contributed by atoms with Gasteiger partial charge < -0.3 is 15.1 Å². The maximum Gasteiger partial charge on any atom is 0.254 e. The van der Waals surface area contributed by atoms with Gasteiger partial charge in [0.15, 0.2) is 0 Å². The second-order valence-corrected chi connectivity index (χ2v) is 6.94. The van der Waals surface area contributed by atoms with E-state index in [1.54, 1.807) is 35.2 Å². The summed E-state index contributed by atoms with van der Waals surface area (Å²) < 4.78 is 13.7. The third kappa shape index (κ3) is 3.35. The minimum Gasteiger partial charge on any atom is -0.352 e. The molecule has 0 unspecified atom stereocenters. The Kier molecular flexibility index (Phi) is 4.81. The van der Waals surface area contributed by atoms with E-state index in [2.05, 4.69) is 5.32 Å². The van der Waals surface area contributed by atoms with Gasteiger partial charge >= 0.3 is 0 Å². The van der Waals surface area contributed by atoms with E-state index < -0.39 is 11.9 Å². The van der Waals surface area contributed by atoms with E-state index >= 15 is 0 Å². The Bertz CT molecular complexity index is 929. The first-order chi connectivity index (χ1) is 13.5. The van der Waals surface area contributed by atoms with Crippen LogP contribution in [0, 0.1) is 5.82 Å². The molecule has 2 heterocycles. The summed E-state index contributed by atoms with van der Waals surface area (Å²) in [5.74, 6) is -1.01. The predicted octanol–water partition coefficient (Wildman–Crippen LogP) is 2.27. The van der Waals surface area contributed by atoms with Gasteiger partial charge in [0.25, 0.3) is 5.91 Å². The lowest BCUT2D eigenvalue weighted by atomic mass is 10.0. The van der Waals surface area contributed by atoms with Gasteiger partial charge in [-0.25, -0.2) is 4.39 Å². The molecular weight excluding hydrogens is 361 g/mol. The quantitative estimate of drug-likeness (QED) is 0.887. The highest BCUT2D eigenvalue weighted by Gasteiger charge is 2.35. The molecule has 4 rings (SSSR count). The zero-order valence-corrected chi connectivity index (χ0v) is 15.2. The number of benzene rings is 2. The monoisotopic (exact) mass is 381 g/mol. The number of nitrogens with zero attached hydrogens (tertiary/aromatic N) is 2. The minimum absolute atomic E-state index is 0.0814. The molecule has 6 nitrogen and oxygen atoms in total. The Balaban J connectivity index is 1.60. The normalized spacial score (nSPS) is 19.7. The maximum absolute atomic E-state index is 13.7. The Morgan fingerprint density at radius 1 is 1.07 bits per heavy atom. The second-order valence-electron chi connectivity index (χ2n) is 6.94. The Morgan fingerprint density at radius 2 is 1.86 bits per heavy atom. The van der Waals surface area contributed by atoms with E-state index in [0.29, 0.717) is 37.2 Å². The molecule has 7 heteroatoms. The second kappa shape index (κ2) is 7.42. The predicted molar refractivity (Wildman–Crippen MR) is 101 cm³/mol. The lowest BCUT2D eigenvalue weighted by molar-refractivity contribution is -0.128. The average molecular weight is 381 g/mol. The van der Waals surface area contributed by atoms with Crippen LogP contribution in [0.1, 0.15) is 34.8 Å². The molecule has 0 aliphatic carbocycles. The lowest BCUT2D eigenvalue weighted by Crippen LogP contribution is -2.52. The van der Waals surface area contributed by atoms with E-state index in [0.717, 1.165) is 12.1 Å². The summed E-state index contributed by atoms with van der Waals surface area (Å²) in [6.07, 6.45) is 1.37. The third-order valence-corrected chi connectivity index (χ3v) is 5.14. The molecule has 1 N–H and O–H groups in total. The molecule has 2 aromatic carbocycles. The highest BCUT2D eigenvalue weighted by atomic mass is 19.1. The van der Waals surface area contributed by atoms with Crippen LogP contribution in [0.5, 0.6) is 0 Å². The fourth-order valence-electron chi connectivity index (χ4n) is 3.76. The number of halogens is 1. The highest BCUT2D eigenvalue weighted by Crippen LogP contribution is 2.27. The van der Waals surface area contributed by atoms with Crippen LogP contribution < -0.4 is 10.2 Å². The van der Waals surface area contributed by atoms with Crippen molar-refractivity contribution < 1.29 is 18.8 Å². The van der Waals surface area contributed by atoms with Gasteiger partial charge in [0.1, 0.15) is 11.9 Å². The summed E-state index contributed by atoms with van der Waals surface area (Å²) in [5.41, 5.74) is 1.62. The molecule has 0 saturated carbocycles. The number of rotatable bonds is 3. The summed E-state index contributed by atoms with van der Waals surface area (Å²) in [7, 11) is 0. The van der Waals surface area contributed by atoms with Crippen LogP contribution in [0.15, 0.2) is 48.5 Å². The molecule has 2 aromatic rings. The number of hydrogen-bond donors (Lipinski definition) is 1. The zero-order chi connectivity index (χ0) is 19.7. The van der Waals surface area contributed by atoms with Gasteiger partial charge in [-0.15, -0.1) is 0 Å². The molecular formula is C21H20FN3O3. The topological polar surface area (TPSA) is 69.7 Å². The van der Waals surface area contributed by atoms with Crippen LogP contribution in [0.25, 0.3) is 0 Å². The molecule has 2 saturated heterocycles. The van der Waals surface area contributed by atoms with Gasteiger partial charge in [0, 0.05) is 37.3 Å². The Labute approximate surface area is 161 Å². The molecule has 1 atom stereocenters. The van der Waals surface area contributed by atoms with Gasteiger partial charge in [-0.05, 0) is 48.4 Å². The third-order valence-electron chi connectivity index (χ3n) is 5.14. The molecule has 0 aromatic heterocycles. The molecule has 0 spiro atoms. The van der Waals surface area contributed by atoms with E-state index in [4.69, 9.17) is 0 Å². The van der Waals surface area contributed by atoms with Crippen molar-refractivity contribution in [3.8, 4) is 0 Å². The van der Waals surface area contributed by atoms with Crippen molar-refractivity contribution in [1.29, 1.82) is 0 Å². The first-order valence-electron chi connectivity index (χ1n) is 9.29. The molecule has 2 aliphatic heterocycles. The number of carbonyl (C=O) groups is 3. The smallest absolute Gasteiger partial charge is 0.254 e. The van der Waals surface area contributed by atoms with Crippen LogP contribution in [0.3, 0.4) is 0 Å². The average Bonchev–Trinajstić information content (AvgIpc) is 3.13. The number of amides is 3. The van der Waals surface area contributed by atoms with Crippen LogP contribution in [0.2, 0.25) is 0 Å². The van der Waals surface area contributed by atoms with Crippen LogP contribution in [0.4, 0.5) is 10.1 Å². The van der Waals surface area contributed by atoms with Crippen molar-refractivity contribution in [3.05, 3.63) is 65.5 Å². The Hall–Kier alpha value is -3.22. The van der Waals surface area contributed by atoms with E-state index in [-0.39, 0.29) is 17.7 Å². The molecule has 2 aliphatic rings. The largest absolute Gasteiger partial charge is 0.352 e. The van der Waals surface area contributed by atoms with Crippen LogP contribution in [-0.4, -0.2) is 42.3 Å². The molecule has 2 fully saturated rings. The van der Waals surface area contributed by atoms with Gasteiger partial charge in [-0.1, -0.05) is 12.1 Å². The van der Waals surface area contributed by atoms with Crippen molar-refractivity contribution in [3.63, 3.8) is 0 Å². The van der Waals surface area contributed by atoms with Gasteiger partial charge in [0.2, 0.25) is 11.8 Å². The molecule has 28 heavy (non-hydrogen) atoms. The van der Waals surface area contributed by atoms with Crippen molar-refractivity contribution >= 4 is 23.4 Å². The first-order valence-corrected chi connectivity index (χ1v) is 9.29. The number of carbonyl (C=O) groups excluding carboxylic acids is 3. The van der Waals surface area contributed by atoms with Crippen LogP contribution in [-0.2, 0) is 9.59 Å². The lowest BCUT2D eigenvalue weighted by Gasteiger charge is -2.35. The molecule has 3 amide bonds. The van der Waals surface area contributed by atoms with E-state index in [1.807, 2.05) is 0 Å². The van der Waals surface area contributed by atoms with Gasteiger partial charge in [0.05, 0.1) is 0 Å². The maximum atomic E-state index is 13.7. The van der Waals surface area contributed by atoms with Crippen molar-refractivity contribution in [2.45, 2.75) is 18.9 Å². The van der Waals surface area contributed by atoms with E-state index in [1.165, 1.54) is 23.1 Å².